The summed E-state index contributed by atoms with van der Waals surface area (Å²) in [7, 11) is 0. The number of fused-ring (bicyclic) bond motifs is 2. The number of pyridine rings is 1. The summed E-state index contributed by atoms with van der Waals surface area (Å²) in [5.74, 6) is 0.578. The van der Waals surface area contributed by atoms with E-state index in [-0.39, 0.29) is 18.2 Å². The Labute approximate surface area is 160 Å². The van der Waals surface area contributed by atoms with E-state index in [1.165, 1.54) is 0 Å². The predicted molar refractivity (Wildman–Crippen MR) is 99.7 cm³/mol. The quantitative estimate of drug-likeness (QED) is 0.765. The number of anilines is 1. The fourth-order valence-electron chi connectivity index (χ4n) is 3.91. The molecule has 1 unspecified atom stereocenters. The number of carbonyl (C=O) groups excluding carboxylic acids is 3. The van der Waals surface area contributed by atoms with Crippen molar-refractivity contribution in [2.75, 3.05) is 18.5 Å². The van der Waals surface area contributed by atoms with Crippen LogP contribution in [0, 0.1) is 0 Å². The lowest BCUT2D eigenvalue weighted by Gasteiger charge is -2.29. The summed E-state index contributed by atoms with van der Waals surface area (Å²) in [6.45, 7) is 1.68. The third-order valence-electron chi connectivity index (χ3n) is 5.33. The molecule has 0 aliphatic carbocycles. The van der Waals surface area contributed by atoms with Crippen LogP contribution < -0.4 is 15.4 Å². The molecule has 1 fully saturated rings. The topological polar surface area (TPSA) is 101 Å². The summed E-state index contributed by atoms with van der Waals surface area (Å²) in [5, 5.41) is 5.54. The van der Waals surface area contributed by atoms with E-state index < -0.39 is 11.9 Å². The van der Waals surface area contributed by atoms with Gasteiger partial charge < -0.3 is 15.0 Å². The molecule has 4 heterocycles. The molecular weight excluding hydrogens is 360 g/mol. The molecule has 8 nitrogen and oxygen atoms in total. The smallest absolute Gasteiger partial charge is 0.255 e. The molecule has 3 amide bonds. The number of amides is 3. The molecule has 28 heavy (non-hydrogen) atoms. The number of carbonyl (C=O) groups is 3. The first-order valence-corrected chi connectivity index (χ1v) is 9.26. The van der Waals surface area contributed by atoms with Crippen molar-refractivity contribution in [3.8, 4) is 17.0 Å². The van der Waals surface area contributed by atoms with Crippen molar-refractivity contribution in [3.63, 3.8) is 0 Å². The number of rotatable bonds is 2. The lowest BCUT2D eigenvalue weighted by atomic mass is 10.0. The first-order chi connectivity index (χ1) is 13.6. The summed E-state index contributed by atoms with van der Waals surface area (Å²) in [6.07, 6.45) is 0.602. The number of benzene rings is 1. The van der Waals surface area contributed by atoms with Crippen molar-refractivity contribution in [3.05, 3.63) is 41.5 Å². The Morgan fingerprint density at radius 3 is 2.89 bits per heavy atom. The molecule has 0 radical (unpaired) electrons. The molecule has 0 saturated carbocycles. The maximum atomic E-state index is 12.8. The van der Waals surface area contributed by atoms with Gasteiger partial charge in [0.25, 0.3) is 5.91 Å². The molecule has 0 bridgehead atoms. The summed E-state index contributed by atoms with van der Waals surface area (Å²) >= 11 is 0. The monoisotopic (exact) mass is 378 g/mol. The molecule has 0 spiro atoms. The zero-order valence-corrected chi connectivity index (χ0v) is 15.0. The third-order valence-corrected chi connectivity index (χ3v) is 5.33. The van der Waals surface area contributed by atoms with Gasteiger partial charge in [-0.1, -0.05) is 6.07 Å². The van der Waals surface area contributed by atoms with Crippen LogP contribution in [-0.2, 0) is 16.1 Å². The SMILES string of the molecule is O=C1CCC(N2Cc3cc(-c4ccc5c(n4)NCCO5)ccc3C2=O)C(=O)N1. The number of ether oxygens (including phenoxy) is 1. The van der Waals surface area contributed by atoms with Crippen molar-refractivity contribution in [1.82, 2.24) is 15.2 Å². The first-order valence-electron chi connectivity index (χ1n) is 9.26. The standard InChI is InChI=1S/C20H18N4O4/c25-17-6-4-15(19(26)23-17)24-10-12-9-11(1-2-13(12)20(24)27)14-3-5-16-18(22-14)21-7-8-28-16/h1-3,5,9,15H,4,6-8,10H2,(H,21,22)(H,23,25,26). The number of piperidine rings is 1. The maximum absolute atomic E-state index is 12.8. The normalized spacial score (nSPS) is 20.8. The zero-order chi connectivity index (χ0) is 19.3. The highest BCUT2D eigenvalue weighted by Gasteiger charge is 2.39. The van der Waals surface area contributed by atoms with Crippen LogP contribution in [0.5, 0.6) is 5.75 Å². The molecular formula is C20H18N4O4. The molecule has 1 aromatic heterocycles. The largest absolute Gasteiger partial charge is 0.488 e. The molecule has 142 valence electrons. The van der Waals surface area contributed by atoms with Gasteiger partial charge in [0, 0.05) is 24.1 Å². The lowest BCUT2D eigenvalue weighted by molar-refractivity contribution is -0.136. The number of hydrogen-bond donors (Lipinski definition) is 2. The van der Waals surface area contributed by atoms with E-state index in [4.69, 9.17) is 4.74 Å². The molecule has 2 N–H and O–H groups in total. The van der Waals surface area contributed by atoms with Gasteiger partial charge in [0.05, 0.1) is 12.2 Å². The van der Waals surface area contributed by atoms with Gasteiger partial charge >= 0.3 is 0 Å². The highest BCUT2D eigenvalue weighted by molar-refractivity contribution is 6.05. The lowest BCUT2D eigenvalue weighted by Crippen LogP contribution is -2.52. The minimum absolute atomic E-state index is 0.176. The number of hydrogen-bond acceptors (Lipinski definition) is 6. The second kappa shape index (κ2) is 6.33. The van der Waals surface area contributed by atoms with Crippen molar-refractivity contribution in [2.45, 2.75) is 25.4 Å². The molecule has 3 aliphatic rings. The molecule has 1 saturated heterocycles. The van der Waals surface area contributed by atoms with E-state index >= 15 is 0 Å². The van der Waals surface area contributed by atoms with Crippen LogP contribution in [0.3, 0.4) is 0 Å². The number of imide groups is 1. The van der Waals surface area contributed by atoms with Crippen LogP contribution >= 0.6 is 0 Å². The van der Waals surface area contributed by atoms with Crippen LogP contribution in [0.2, 0.25) is 0 Å². The van der Waals surface area contributed by atoms with Gasteiger partial charge in [-0.2, -0.15) is 0 Å². The van der Waals surface area contributed by atoms with Crippen molar-refractivity contribution in [2.24, 2.45) is 0 Å². The van der Waals surface area contributed by atoms with Crippen LogP contribution in [0.15, 0.2) is 30.3 Å². The highest BCUT2D eigenvalue weighted by Crippen LogP contribution is 2.33. The van der Waals surface area contributed by atoms with Crippen molar-refractivity contribution >= 4 is 23.5 Å². The van der Waals surface area contributed by atoms with E-state index in [2.05, 4.69) is 15.6 Å². The Kier molecular flexibility index (Phi) is 3.78. The second-order valence-corrected chi connectivity index (χ2v) is 7.09. The molecule has 8 heteroatoms. The Morgan fingerprint density at radius 1 is 1.14 bits per heavy atom. The molecule has 1 atom stereocenters. The average Bonchev–Trinajstić information content (AvgIpc) is 3.03. The van der Waals surface area contributed by atoms with E-state index in [0.29, 0.717) is 37.5 Å². The minimum atomic E-state index is -0.607. The third kappa shape index (κ3) is 2.69. The van der Waals surface area contributed by atoms with Gasteiger partial charge in [-0.05, 0) is 36.2 Å². The minimum Gasteiger partial charge on any atom is -0.488 e. The van der Waals surface area contributed by atoms with E-state index in [9.17, 15) is 14.4 Å². The van der Waals surface area contributed by atoms with Crippen LogP contribution in [0.1, 0.15) is 28.8 Å². The maximum Gasteiger partial charge on any atom is 0.255 e. The van der Waals surface area contributed by atoms with Gasteiger partial charge in [-0.3, -0.25) is 19.7 Å². The molecule has 2 aromatic rings. The summed E-state index contributed by atoms with van der Waals surface area (Å²) in [4.78, 5) is 42.5. The van der Waals surface area contributed by atoms with Crippen LogP contribution in [0.4, 0.5) is 5.82 Å². The summed E-state index contributed by atoms with van der Waals surface area (Å²) in [5.41, 5.74) is 3.13. The Hall–Kier alpha value is -3.42. The van der Waals surface area contributed by atoms with E-state index in [0.717, 1.165) is 22.6 Å². The average molecular weight is 378 g/mol. The van der Waals surface area contributed by atoms with Crippen LogP contribution in [0.25, 0.3) is 11.3 Å². The van der Waals surface area contributed by atoms with Crippen LogP contribution in [-0.4, -0.2) is 46.8 Å². The molecule has 5 rings (SSSR count). The Morgan fingerprint density at radius 2 is 2.04 bits per heavy atom. The van der Waals surface area contributed by atoms with Gasteiger partial charge in [-0.25, -0.2) is 4.98 Å². The van der Waals surface area contributed by atoms with E-state index in [1.54, 1.807) is 11.0 Å². The summed E-state index contributed by atoms with van der Waals surface area (Å²) in [6, 6.07) is 8.76. The van der Waals surface area contributed by atoms with Crippen molar-refractivity contribution in [1.29, 1.82) is 0 Å². The van der Waals surface area contributed by atoms with Gasteiger partial charge in [0.15, 0.2) is 11.6 Å². The van der Waals surface area contributed by atoms with Gasteiger partial charge in [-0.15, -0.1) is 0 Å². The molecule has 1 aromatic carbocycles. The zero-order valence-electron chi connectivity index (χ0n) is 15.0. The summed E-state index contributed by atoms with van der Waals surface area (Å²) < 4.78 is 5.56. The highest BCUT2D eigenvalue weighted by atomic mass is 16.5. The van der Waals surface area contributed by atoms with Gasteiger partial charge in [0.1, 0.15) is 12.6 Å². The van der Waals surface area contributed by atoms with Gasteiger partial charge in [0.2, 0.25) is 11.8 Å². The molecule has 3 aliphatic heterocycles. The number of nitrogens with zero attached hydrogens (tertiary/aromatic N) is 2. The Bertz CT molecular complexity index is 1020. The Balaban J connectivity index is 1.43. The fourth-order valence-corrected chi connectivity index (χ4v) is 3.91. The number of nitrogens with one attached hydrogen (secondary N) is 2. The second-order valence-electron chi connectivity index (χ2n) is 7.09. The first kappa shape index (κ1) is 16.7. The predicted octanol–water partition coefficient (Wildman–Crippen LogP) is 1.31. The van der Waals surface area contributed by atoms with Crippen molar-refractivity contribution < 1.29 is 19.1 Å². The fraction of sp³-hybridized carbons (Fsp3) is 0.300. The van der Waals surface area contributed by atoms with E-state index in [1.807, 2.05) is 24.3 Å². The number of aromatic nitrogens is 1.